The number of esters is 2. The Labute approximate surface area is 280 Å². The molecule has 0 amide bonds. The third-order valence-corrected chi connectivity index (χ3v) is 7.85. The molecular weight excluding hydrogens is 603 g/mol. The van der Waals surface area contributed by atoms with Crippen molar-refractivity contribution in [3.63, 3.8) is 0 Å². The lowest BCUT2D eigenvalue weighted by Crippen LogP contribution is -2.29. The van der Waals surface area contributed by atoms with Crippen LogP contribution in [-0.2, 0) is 28.2 Å². The molecule has 0 aromatic rings. The summed E-state index contributed by atoms with van der Waals surface area (Å²) in [6, 6.07) is 0. The molecule has 2 N–H and O–H groups in total. The Hall–Kier alpha value is -1.99. The molecule has 0 aliphatic rings. The first-order valence-corrected chi connectivity index (χ1v) is 19.5. The maximum absolute atomic E-state index is 12.3. The molecule has 0 saturated carbocycles. The molecule has 0 spiro atoms. The highest BCUT2D eigenvalue weighted by molar-refractivity contribution is 7.46. The number of hydrogen-bond donors (Lipinski definition) is 2. The molecule has 0 rings (SSSR count). The highest BCUT2D eigenvalue weighted by atomic mass is 31.2. The van der Waals surface area contributed by atoms with Crippen LogP contribution in [0.25, 0.3) is 0 Å². The van der Waals surface area contributed by atoms with Crippen LogP contribution in [0, 0.1) is 0 Å². The van der Waals surface area contributed by atoms with E-state index in [0.29, 0.717) is 12.8 Å². The Morgan fingerprint density at radius 2 is 1.09 bits per heavy atom. The monoisotopic (exact) mass is 668 g/mol. The number of phosphoric ester groups is 1. The summed E-state index contributed by atoms with van der Waals surface area (Å²) in [5, 5.41) is 0. The van der Waals surface area contributed by atoms with Crippen LogP contribution in [0.1, 0.15) is 155 Å². The number of rotatable bonds is 32. The summed E-state index contributed by atoms with van der Waals surface area (Å²) in [4.78, 5) is 42.6. The van der Waals surface area contributed by atoms with Crippen molar-refractivity contribution in [1.29, 1.82) is 0 Å². The molecule has 1 atom stereocenters. The van der Waals surface area contributed by atoms with Crippen LogP contribution in [0.5, 0.6) is 0 Å². The van der Waals surface area contributed by atoms with Crippen molar-refractivity contribution in [3.8, 4) is 0 Å². The normalized spacial score (nSPS) is 13.0. The van der Waals surface area contributed by atoms with Gasteiger partial charge in [0.05, 0.1) is 6.61 Å². The van der Waals surface area contributed by atoms with E-state index >= 15 is 0 Å². The molecule has 9 heteroatoms. The van der Waals surface area contributed by atoms with Crippen molar-refractivity contribution in [2.24, 2.45) is 0 Å². The molecule has 0 saturated heterocycles. The standard InChI is InChI=1S/C37H65O8P/c1-3-5-7-9-11-13-15-17-18-20-21-23-25-27-29-31-36(38)43-33-35(34-44-46(40,41)42)45-37(39)32-30-28-26-24-22-19-16-14-12-10-8-6-4-2/h11,13,15,17,19,22,26,28,35H,3-10,12,14,16,18,20-21,23-25,27,29-34H2,1-2H3,(H2,40,41,42)/b13-11+,17-15+,22-19+,28-26+. The second-order valence-corrected chi connectivity index (χ2v) is 13.1. The fourth-order valence-corrected chi connectivity index (χ4v) is 5.01. The maximum Gasteiger partial charge on any atom is 0.469 e. The van der Waals surface area contributed by atoms with E-state index in [-0.39, 0.29) is 19.4 Å². The van der Waals surface area contributed by atoms with Crippen LogP contribution in [0.15, 0.2) is 48.6 Å². The van der Waals surface area contributed by atoms with E-state index in [4.69, 9.17) is 19.3 Å². The molecule has 266 valence electrons. The Morgan fingerprint density at radius 3 is 1.70 bits per heavy atom. The molecule has 0 radical (unpaired) electrons. The average molecular weight is 669 g/mol. The van der Waals surface area contributed by atoms with Gasteiger partial charge in [-0.05, 0) is 57.8 Å². The summed E-state index contributed by atoms with van der Waals surface area (Å²) in [5.41, 5.74) is 0. The first-order valence-electron chi connectivity index (χ1n) is 17.9. The van der Waals surface area contributed by atoms with Crippen molar-refractivity contribution in [3.05, 3.63) is 48.6 Å². The van der Waals surface area contributed by atoms with Crippen LogP contribution < -0.4 is 0 Å². The molecule has 0 aromatic heterocycles. The van der Waals surface area contributed by atoms with Gasteiger partial charge in [0.2, 0.25) is 0 Å². The van der Waals surface area contributed by atoms with Gasteiger partial charge in [-0.3, -0.25) is 14.1 Å². The SMILES string of the molecule is CCCCC/C=C/C=C/CCCCCCCCC(=O)OCC(COP(=O)(O)O)OC(=O)CC/C=C/C/C=C/CCCCCCCC. The second kappa shape index (κ2) is 32.9. The van der Waals surface area contributed by atoms with Crippen molar-refractivity contribution >= 4 is 19.8 Å². The number of unbranched alkanes of at least 4 members (excludes halogenated alkanes) is 15. The fraction of sp³-hybridized carbons (Fsp3) is 0.730. The fourth-order valence-electron chi connectivity index (χ4n) is 4.65. The molecule has 0 fully saturated rings. The zero-order valence-electron chi connectivity index (χ0n) is 29.0. The minimum Gasteiger partial charge on any atom is -0.462 e. The molecule has 46 heavy (non-hydrogen) atoms. The quantitative estimate of drug-likeness (QED) is 0.0239. The van der Waals surface area contributed by atoms with Gasteiger partial charge in [-0.1, -0.05) is 133 Å². The van der Waals surface area contributed by atoms with E-state index in [1.807, 2.05) is 12.2 Å². The number of phosphoric acid groups is 1. The van der Waals surface area contributed by atoms with Gasteiger partial charge in [0.1, 0.15) is 6.61 Å². The first kappa shape index (κ1) is 44.0. The van der Waals surface area contributed by atoms with Crippen LogP contribution in [0.2, 0.25) is 0 Å². The van der Waals surface area contributed by atoms with E-state index in [1.165, 1.54) is 57.8 Å². The van der Waals surface area contributed by atoms with Gasteiger partial charge in [-0.15, -0.1) is 0 Å². The van der Waals surface area contributed by atoms with Crippen LogP contribution in [-0.4, -0.2) is 41.0 Å². The summed E-state index contributed by atoms with van der Waals surface area (Å²) in [6.45, 7) is 3.56. The Bertz CT molecular complexity index is 890. The van der Waals surface area contributed by atoms with Crippen molar-refractivity contribution in [2.45, 2.75) is 161 Å². The predicted octanol–water partition coefficient (Wildman–Crippen LogP) is 10.4. The van der Waals surface area contributed by atoms with Gasteiger partial charge in [0.25, 0.3) is 0 Å². The lowest BCUT2D eigenvalue weighted by Gasteiger charge is -2.18. The highest BCUT2D eigenvalue weighted by Crippen LogP contribution is 2.35. The summed E-state index contributed by atoms with van der Waals surface area (Å²) in [7, 11) is -4.76. The molecule has 0 bridgehead atoms. The highest BCUT2D eigenvalue weighted by Gasteiger charge is 2.22. The van der Waals surface area contributed by atoms with Gasteiger partial charge in [-0.25, -0.2) is 4.57 Å². The van der Waals surface area contributed by atoms with Crippen LogP contribution >= 0.6 is 7.82 Å². The minimum absolute atomic E-state index is 0.102. The maximum atomic E-state index is 12.3. The van der Waals surface area contributed by atoms with Crippen molar-refractivity contribution in [2.75, 3.05) is 13.2 Å². The number of carbonyl (C=O) groups is 2. The smallest absolute Gasteiger partial charge is 0.462 e. The van der Waals surface area contributed by atoms with Crippen LogP contribution in [0.4, 0.5) is 0 Å². The lowest BCUT2D eigenvalue weighted by molar-refractivity contribution is -0.161. The summed E-state index contributed by atoms with van der Waals surface area (Å²) < 4.78 is 26.2. The third-order valence-electron chi connectivity index (χ3n) is 7.36. The van der Waals surface area contributed by atoms with Crippen molar-refractivity contribution < 1.29 is 37.9 Å². The largest absolute Gasteiger partial charge is 0.469 e. The number of ether oxygens (including phenoxy) is 2. The number of allylic oxidation sites excluding steroid dienone is 8. The van der Waals surface area contributed by atoms with Gasteiger partial charge in [0, 0.05) is 12.8 Å². The molecule has 0 aromatic carbocycles. The number of hydrogen-bond acceptors (Lipinski definition) is 6. The topological polar surface area (TPSA) is 119 Å². The van der Waals surface area contributed by atoms with Crippen LogP contribution in [0.3, 0.4) is 0 Å². The lowest BCUT2D eigenvalue weighted by atomic mass is 10.1. The Kier molecular flexibility index (Phi) is 31.5. The predicted molar refractivity (Wildman–Crippen MR) is 188 cm³/mol. The zero-order chi connectivity index (χ0) is 34.0. The molecule has 0 heterocycles. The molecule has 0 aliphatic carbocycles. The van der Waals surface area contributed by atoms with Gasteiger partial charge in [0.15, 0.2) is 6.10 Å². The molecule has 8 nitrogen and oxygen atoms in total. The molecular formula is C37H65O8P. The zero-order valence-corrected chi connectivity index (χ0v) is 29.9. The molecule has 0 aliphatic heterocycles. The first-order chi connectivity index (χ1) is 22.3. The van der Waals surface area contributed by atoms with E-state index < -0.39 is 32.5 Å². The third kappa shape index (κ3) is 34.9. The summed E-state index contributed by atoms with van der Waals surface area (Å²) >= 11 is 0. The van der Waals surface area contributed by atoms with Gasteiger partial charge < -0.3 is 19.3 Å². The van der Waals surface area contributed by atoms with Crippen molar-refractivity contribution in [1.82, 2.24) is 0 Å². The second-order valence-electron chi connectivity index (χ2n) is 11.9. The number of carbonyl (C=O) groups excluding carboxylic acids is 2. The molecule has 1 unspecified atom stereocenters. The summed E-state index contributed by atoms with van der Waals surface area (Å²) in [5.74, 6) is -0.981. The minimum atomic E-state index is -4.76. The van der Waals surface area contributed by atoms with Gasteiger partial charge >= 0.3 is 19.8 Å². The summed E-state index contributed by atoms with van der Waals surface area (Å²) in [6.07, 6.45) is 38.4. The van der Waals surface area contributed by atoms with E-state index in [0.717, 1.165) is 57.8 Å². The van der Waals surface area contributed by atoms with E-state index in [1.54, 1.807) is 0 Å². The Balaban J connectivity index is 4.09. The average Bonchev–Trinajstić information content (AvgIpc) is 3.02. The Morgan fingerprint density at radius 1 is 0.587 bits per heavy atom. The van der Waals surface area contributed by atoms with E-state index in [2.05, 4.69) is 54.8 Å². The van der Waals surface area contributed by atoms with E-state index in [9.17, 15) is 14.2 Å². The van der Waals surface area contributed by atoms with Gasteiger partial charge in [-0.2, -0.15) is 0 Å².